The maximum absolute atomic E-state index is 12.6. The van der Waals surface area contributed by atoms with Crippen LogP contribution in [0.25, 0.3) is 11.6 Å². The third-order valence-electron chi connectivity index (χ3n) is 6.45. The summed E-state index contributed by atoms with van der Waals surface area (Å²) in [4.78, 5) is 12.6. The Morgan fingerprint density at radius 2 is 1.85 bits per heavy atom. The summed E-state index contributed by atoms with van der Waals surface area (Å²) < 4.78 is 17.3. The van der Waals surface area contributed by atoms with Gasteiger partial charge in [0.2, 0.25) is 0 Å². The molecule has 33 heavy (non-hydrogen) atoms. The van der Waals surface area contributed by atoms with E-state index in [0.29, 0.717) is 12.0 Å². The molecule has 6 nitrogen and oxygen atoms in total. The molecule has 0 spiro atoms. The van der Waals surface area contributed by atoms with Crippen LogP contribution < -0.4 is 9.47 Å². The Bertz CT molecular complexity index is 1210. The van der Waals surface area contributed by atoms with E-state index in [2.05, 4.69) is 13.8 Å². The summed E-state index contributed by atoms with van der Waals surface area (Å²) in [7, 11) is 0. The second-order valence-corrected chi connectivity index (χ2v) is 10.1. The molecule has 0 radical (unpaired) electrons. The van der Waals surface area contributed by atoms with Gasteiger partial charge in [0.25, 0.3) is 0 Å². The molecule has 0 aromatic heterocycles. The van der Waals surface area contributed by atoms with Crippen molar-refractivity contribution in [2.24, 2.45) is 0 Å². The summed E-state index contributed by atoms with van der Waals surface area (Å²) >= 11 is 0. The van der Waals surface area contributed by atoms with Crippen molar-refractivity contribution in [2.45, 2.75) is 64.3 Å². The predicted octanol–water partition coefficient (Wildman–Crippen LogP) is 4.73. The van der Waals surface area contributed by atoms with Crippen LogP contribution in [0.1, 0.15) is 56.4 Å². The number of fused-ring (bicyclic) bond motifs is 2. The van der Waals surface area contributed by atoms with Gasteiger partial charge in [0.1, 0.15) is 28.8 Å². The van der Waals surface area contributed by atoms with E-state index in [4.69, 9.17) is 14.2 Å². The molecule has 3 aliphatic rings. The molecule has 0 amide bonds. The Morgan fingerprint density at radius 1 is 1.09 bits per heavy atom. The number of benzene rings is 2. The molecule has 5 rings (SSSR count). The van der Waals surface area contributed by atoms with Gasteiger partial charge in [-0.1, -0.05) is 12.1 Å². The molecule has 172 valence electrons. The predicted molar refractivity (Wildman–Crippen MR) is 124 cm³/mol. The van der Waals surface area contributed by atoms with Crippen LogP contribution in [0.4, 0.5) is 0 Å². The van der Waals surface area contributed by atoms with Crippen LogP contribution in [0.3, 0.4) is 0 Å². The van der Waals surface area contributed by atoms with E-state index in [9.17, 15) is 15.0 Å². The summed E-state index contributed by atoms with van der Waals surface area (Å²) in [6, 6.07) is 11.1. The number of hydrogen-bond donors (Lipinski definition) is 2. The number of rotatable bonds is 3. The SMILES string of the molecule is CC1(C)CCc2cc(C3=C(O)/C(=C\c4ccc5c(c4)C[C@H](C(C)(C)O)O5)OC3=O)ccc2O1. The lowest BCUT2D eigenvalue weighted by atomic mass is 9.92. The molecule has 2 aromatic rings. The van der Waals surface area contributed by atoms with Crippen molar-refractivity contribution in [1.82, 2.24) is 0 Å². The number of hydrogen-bond acceptors (Lipinski definition) is 6. The first-order valence-corrected chi connectivity index (χ1v) is 11.2. The molecule has 0 saturated carbocycles. The standard InChI is InChI=1S/C27H28O6/c1-26(2)10-9-16-13-17(6-8-20(16)33-26)23-24(28)21(32-25(23)29)12-15-5-7-19-18(11-15)14-22(31-19)27(3,4)30/h5-8,11-13,22,28,30H,9-10,14H2,1-4H3/b21-12+/t22-/m1/s1. The van der Waals surface area contributed by atoms with Crippen LogP contribution in [0.5, 0.6) is 11.5 Å². The number of aliphatic hydroxyl groups excluding tert-OH is 1. The van der Waals surface area contributed by atoms with Gasteiger partial charge in [-0.05, 0) is 93.1 Å². The lowest BCUT2D eigenvalue weighted by Gasteiger charge is -2.32. The third-order valence-corrected chi connectivity index (χ3v) is 6.45. The van der Waals surface area contributed by atoms with Crippen molar-refractivity contribution < 1.29 is 29.2 Å². The maximum Gasteiger partial charge on any atom is 0.348 e. The third kappa shape index (κ3) is 4.00. The number of carbonyl (C=O) groups is 1. The first kappa shape index (κ1) is 21.6. The molecule has 2 aromatic carbocycles. The van der Waals surface area contributed by atoms with Gasteiger partial charge in [0.15, 0.2) is 11.5 Å². The first-order chi connectivity index (χ1) is 15.5. The number of aryl methyl sites for hydroxylation is 1. The molecular formula is C27H28O6. The first-order valence-electron chi connectivity index (χ1n) is 11.2. The van der Waals surface area contributed by atoms with Gasteiger partial charge in [-0.25, -0.2) is 4.79 Å². The van der Waals surface area contributed by atoms with Crippen LogP contribution >= 0.6 is 0 Å². The van der Waals surface area contributed by atoms with Crippen molar-refractivity contribution in [3.05, 3.63) is 70.2 Å². The van der Waals surface area contributed by atoms with Gasteiger partial charge >= 0.3 is 5.97 Å². The summed E-state index contributed by atoms with van der Waals surface area (Å²) in [6.45, 7) is 7.56. The van der Waals surface area contributed by atoms with Crippen LogP contribution in [0, 0.1) is 0 Å². The quantitative estimate of drug-likeness (QED) is 0.661. The molecule has 3 heterocycles. The topological polar surface area (TPSA) is 85.2 Å². The highest BCUT2D eigenvalue weighted by molar-refractivity contribution is 6.21. The molecule has 0 unspecified atom stereocenters. The van der Waals surface area contributed by atoms with Gasteiger partial charge in [0.05, 0.1) is 5.60 Å². The van der Waals surface area contributed by atoms with Gasteiger partial charge in [0, 0.05) is 6.42 Å². The Balaban J connectivity index is 1.43. The minimum atomic E-state index is -0.954. The smallest absolute Gasteiger partial charge is 0.348 e. The Labute approximate surface area is 193 Å². The molecule has 1 atom stereocenters. The molecule has 0 bridgehead atoms. The van der Waals surface area contributed by atoms with Crippen molar-refractivity contribution in [1.29, 1.82) is 0 Å². The van der Waals surface area contributed by atoms with Crippen LogP contribution in [0.2, 0.25) is 0 Å². The number of cyclic esters (lactones) is 1. The van der Waals surface area contributed by atoms with E-state index in [1.807, 2.05) is 30.3 Å². The zero-order chi connectivity index (χ0) is 23.5. The largest absolute Gasteiger partial charge is 0.504 e. The Hall–Kier alpha value is -3.25. The van der Waals surface area contributed by atoms with Crippen molar-refractivity contribution in [3.8, 4) is 11.5 Å². The van der Waals surface area contributed by atoms with Crippen LogP contribution in [0.15, 0.2) is 47.9 Å². The minimum absolute atomic E-state index is 0.114. The lowest BCUT2D eigenvalue weighted by molar-refractivity contribution is -0.131. The van der Waals surface area contributed by atoms with E-state index in [0.717, 1.165) is 41.0 Å². The number of esters is 1. The molecule has 3 aliphatic heterocycles. The fraction of sp³-hybridized carbons (Fsp3) is 0.370. The fourth-order valence-corrected chi connectivity index (χ4v) is 4.49. The fourth-order valence-electron chi connectivity index (χ4n) is 4.49. The second-order valence-electron chi connectivity index (χ2n) is 10.1. The minimum Gasteiger partial charge on any atom is -0.504 e. The van der Waals surface area contributed by atoms with Crippen LogP contribution in [-0.2, 0) is 22.4 Å². The molecule has 0 fully saturated rings. The normalized spacial score (nSPS) is 22.5. The molecule has 2 N–H and O–H groups in total. The van der Waals surface area contributed by atoms with Gasteiger partial charge in [-0.15, -0.1) is 0 Å². The Kier molecular flexibility index (Phi) is 4.83. The highest BCUT2D eigenvalue weighted by Gasteiger charge is 2.36. The monoisotopic (exact) mass is 448 g/mol. The summed E-state index contributed by atoms with van der Waals surface area (Å²) in [5.41, 5.74) is 2.33. The number of aliphatic hydroxyl groups is 2. The van der Waals surface area contributed by atoms with Gasteiger partial charge in [-0.2, -0.15) is 0 Å². The molecule has 6 heteroatoms. The van der Waals surface area contributed by atoms with E-state index >= 15 is 0 Å². The highest BCUT2D eigenvalue weighted by Crippen LogP contribution is 2.39. The second kappa shape index (κ2) is 7.39. The van der Waals surface area contributed by atoms with Crippen molar-refractivity contribution >= 4 is 17.6 Å². The summed E-state index contributed by atoms with van der Waals surface area (Å²) in [6.07, 6.45) is 3.61. The number of ether oxygens (including phenoxy) is 3. The Morgan fingerprint density at radius 3 is 2.61 bits per heavy atom. The molecule has 0 saturated heterocycles. The summed E-state index contributed by atoms with van der Waals surface area (Å²) in [5.74, 6) is 0.892. The average Bonchev–Trinajstić information content (AvgIpc) is 3.28. The summed E-state index contributed by atoms with van der Waals surface area (Å²) in [5, 5.41) is 21.1. The van der Waals surface area contributed by atoms with Crippen molar-refractivity contribution in [2.75, 3.05) is 0 Å². The van der Waals surface area contributed by atoms with E-state index in [1.165, 1.54) is 0 Å². The van der Waals surface area contributed by atoms with Crippen LogP contribution in [-0.4, -0.2) is 33.5 Å². The van der Waals surface area contributed by atoms with E-state index in [1.54, 1.807) is 26.0 Å². The number of carbonyl (C=O) groups excluding carboxylic acids is 1. The lowest BCUT2D eigenvalue weighted by Crippen LogP contribution is -2.39. The zero-order valence-electron chi connectivity index (χ0n) is 19.3. The highest BCUT2D eigenvalue weighted by atomic mass is 16.6. The zero-order valence-corrected chi connectivity index (χ0v) is 19.3. The van der Waals surface area contributed by atoms with E-state index in [-0.39, 0.29) is 28.8 Å². The maximum atomic E-state index is 12.6. The molecular weight excluding hydrogens is 420 g/mol. The van der Waals surface area contributed by atoms with Gasteiger partial charge < -0.3 is 24.4 Å². The molecule has 0 aliphatic carbocycles. The average molecular weight is 449 g/mol. The van der Waals surface area contributed by atoms with Crippen molar-refractivity contribution in [3.63, 3.8) is 0 Å². The van der Waals surface area contributed by atoms with Gasteiger partial charge in [-0.3, -0.25) is 0 Å². The van der Waals surface area contributed by atoms with E-state index < -0.39 is 11.6 Å².